The molecule has 24 heavy (non-hydrogen) atoms. The molecule has 0 saturated heterocycles. The van der Waals surface area contributed by atoms with E-state index in [9.17, 15) is 14.9 Å². The molecular formula is C14H14N6O4. The van der Waals surface area contributed by atoms with Crippen molar-refractivity contribution >= 4 is 5.91 Å². The molecule has 1 heterocycles. The lowest BCUT2D eigenvalue weighted by molar-refractivity contribution is -0.546. The predicted molar refractivity (Wildman–Crippen MR) is 82.1 cm³/mol. The van der Waals surface area contributed by atoms with Gasteiger partial charge in [-0.2, -0.15) is 5.26 Å². The molecular weight excluding hydrogens is 316 g/mol. The first-order chi connectivity index (χ1) is 11.3. The van der Waals surface area contributed by atoms with Gasteiger partial charge >= 0.3 is 0 Å². The molecule has 0 bridgehead atoms. The third kappa shape index (κ3) is 11.9. The quantitative estimate of drug-likeness (QED) is 0.371. The van der Waals surface area contributed by atoms with Crippen molar-refractivity contribution < 1.29 is 14.2 Å². The minimum Gasteiger partial charge on any atom is -0.459 e. The van der Waals surface area contributed by atoms with Crippen LogP contribution in [0.4, 0.5) is 0 Å². The molecule has 1 aromatic rings. The first-order valence-electron chi connectivity index (χ1n) is 6.31. The van der Waals surface area contributed by atoms with Crippen LogP contribution in [0.2, 0.25) is 0 Å². The van der Waals surface area contributed by atoms with Crippen molar-refractivity contribution in [3.63, 3.8) is 0 Å². The number of nitrogens with one attached hydrogen (secondary N) is 2. The summed E-state index contributed by atoms with van der Waals surface area (Å²) in [6.07, 6.45) is 1.48. The predicted octanol–water partition coefficient (Wildman–Crippen LogP) is 1.43. The van der Waals surface area contributed by atoms with Crippen LogP contribution < -0.4 is 10.9 Å². The van der Waals surface area contributed by atoms with Crippen LogP contribution in [0.15, 0.2) is 33.2 Å². The number of nitriles is 1. The SMILES string of the molecule is CC(C)(C)NC(=O)c1ccco1.N#CC#CC#CN=NN[N+](=O)[O-]. The molecule has 0 unspecified atom stereocenters. The summed E-state index contributed by atoms with van der Waals surface area (Å²) in [6.45, 7) is 5.77. The Morgan fingerprint density at radius 2 is 2.08 bits per heavy atom. The summed E-state index contributed by atoms with van der Waals surface area (Å²) in [5.41, 5.74) is 1.18. The third-order valence-electron chi connectivity index (χ3n) is 1.70. The van der Waals surface area contributed by atoms with Gasteiger partial charge in [-0.25, -0.2) is 0 Å². The maximum absolute atomic E-state index is 11.3. The fourth-order valence-corrected chi connectivity index (χ4v) is 1.01. The maximum atomic E-state index is 11.3. The fourth-order valence-electron chi connectivity index (χ4n) is 1.01. The van der Waals surface area contributed by atoms with Gasteiger partial charge in [-0.3, -0.25) is 4.79 Å². The van der Waals surface area contributed by atoms with Crippen molar-refractivity contribution in [2.45, 2.75) is 26.3 Å². The smallest absolute Gasteiger partial charge is 0.287 e. The molecule has 1 rings (SSSR count). The van der Waals surface area contributed by atoms with Gasteiger partial charge in [0.05, 0.1) is 11.3 Å². The Balaban J connectivity index is 0.000000441. The summed E-state index contributed by atoms with van der Waals surface area (Å²) in [5.74, 6) is 6.36. The minimum atomic E-state index is -0.897. The average molecular weight is 330 g/mol. The molecule has 124 valence electrons. The largest absolute Gasteiger partial charge is 0.459 e. The van der Waals surface area contributed by atoms with Crippen LogP contribution in [0.5, 0.6) is 0 Å². The Morgan fingerprint density at radius 1 is 1.38 bits per heavy atom. The van der Waals surface area contributed by atoms with Crippen molar-refractivity contribution in [1.82, 2.24) is 10.9 Å². The van der Waals surface area contributed by atoms with Crippen LogP contribution in [-0.4, -0.2) is 16.5 Å². The molecule has 0 aromatic carbocycles. The van der Waals surface area contributed by atoms with E-state index < -0.39 is 5.03 Å². The van der Waals surface area contributed by atoms with Gasteiger partial charge in [0, 0.05) is 33.9 Å². The van der Waals surface area contributed by atoms with Crippen LogP contribution in [-0.2, 0) is 0 Å². The number of hydrogen-bond acceptors (Lipinski definition) is 7. The zero-order valence-electron chi connectivity index (χ0n) is 13.2. The van der Waals surface area contributed by atoms with Crippen molar-refractivity contribution in [1.29, 1.82) is 5.26 Å². The molecule has 10 nitrogen and oxygen atoms in total. The first-order valence-corrected chi connectivity index (χ1v) is 6.31. The molecule has 1 amide bonds. The number of carbonyl (C=O) groups excluding carboxylic acids is 1. The maximum Gasteiger partial charge on any atom is 0.287 e. The summed E-state index contributed by atoms with van der Waals surface area (Å²) >= 11 is 0. The summed E-state index contributed by atoms with van der Waals surface area (Å²) < 4.78 is 4.93. The Hall–Kier alpha value is -3.84. The highest BCUT2D eigenvalue weighted by Crippen LogP contribution is 2.04. The van der Waals surface area contributed by atoms with Crippen LogP contribution >= 0.6 is 0 Å². The lowest BCUT2D eigenvalue weighted by Gasteiger charge is -2.19. The number of hydrogen-bond donors (Lipinski definition) is 2. The van der Waals surface area contributed by atoms with Crippen LogP contribution in [0.3, 0.4) is 0 Å². The van der Waals surface area contributed by atoms with Gasteiger partial charge in [-0.15, -0.1) is 0 Å². The second-order valence-electron chi connectivity index (χ2n) is 4.84. The second kappa shape index (κ2) is 10.8. The van der Waals surface area contributed by atoms with Crippen LogP contribution in [0.25, 0.3) is 0 Å². The Labute approximate surface area is 138 Å². The summed E-state index contributed by atoms with van der Waals surface area (Å²) in [6, 6.07) is 6.84. The highest BCUT2D eigenvalue weighted by Gasteiger charge is 2.16. The minimum absolute atomic E-state index is 0.174. The summed E-state index contributed by atoms with van der Waals surface area (Å²) in [7, 11) is 0. The van der Waals surface area contributed by atoms with E-state index in [0.717, 1.165) is 0 Å². The highest BCUT2D eigenvalue weighted by atomic mass is 16.7. The molecule has 1 aromatic heterocycles. The zero-order chi connectivity index (χ0) is 18.4. The lowest BCUT2D eigenvalue weighted by Crippen LogP contribution is -2.40. The number of amides is 1. The number of nitro groups is 1. The number of rotatable bonds is 3. The van der Waals surface area contributed by atoms with Crippen molar-refractivity contribution in [2.75, 3.05) is 0 Å². The van der Waals surface area contributed by atoms with Crippen molar-refractivity contribution in [3.8, 4) is 29.9 Å². The first kappa shape index (κ1) is 20.2. The standard InChI is InChI=1S/C9H13NO2.C5HN5O2/c1-9(2,3)10-8(11)7-5-4-6-12-7;6-4-2-1-3-5-7-8-9-10(11)12/h4-6H,1-3H3,(H,10,11);(H,7,9). The number of carbonyl (C=O) groups is 1. The van der Waals surface area contributed by atoms with Crippen molar-refractivity contribution in [2.24, 2.45) is 10.3 Å². The summed E-state index contributed by atoms with van der Waals surface area (Å²) in [5, 5.41) is 25.1. The number of hydrazine groups is 1. The van der Waals surface area contributed by atoms with E-state index >= 15 is 0 Å². The van der Waals surface area contributed by atoms with E-state index in [0.29, 0.717) is 5.76 Å². The van der Waals surface area contributed by atoms with Crippen LogP contribution in [0.1, 0.15) is 31.3 Å². The molecule has 2 N–H and O–H groups in total. The Bertz CT molecular complexity index is 733. The Kier molecular flexibility index (Phi) is 9.09. The second-order valence-corrected chi connectivity index (χ2v) is 4.84. The third-order valence-corrected chi connectivity index (χ3v) is 1.70. The lowest BCUT2D eigenvalue weighted by atomic mass is 10.1. The monoisotopic (exact) mass is 330 g/mol. The fraction of sp³-hybridized carbons (Fsp3) is 0.286. The van der Waals surface area contributed by atoms with E-state index in [1.165, 1.54) is 17.9 Å². The van der Waals surface area contributed by atoms with Gasteiger partial charge in [0.2, 0.25) is 0 Å². The van der Waals surface area contributed by atoms with E-state index in [1.54, 1.807) is 12.1 Å². The average Bonchev–Trinajstić information content (AvgIpc) is 2.99. The van der Waals surface area contributed by atoms with Crippen molar-refractivity contribution in [3.05, 3.63) is 34.3 Å². The topological polar surface area (TPSA) is 146 Å². The molecule has 0 fully saturated rings. The van der Waals surface area contributed by atoms with Gasteiger partial charge in [0.25, 0.3) is 5.91 Å². The molecule has 0 saturated carbocycles. The zero-order valence-corrected chi connectivity index (χ0v) is 13.2. The van der Waals surface area contributed by atoms with Crippen LogP contribution in [0, 0.1) is 45.3 Å². The summed E-state index contributed by atoms with van der Waals surface area (Å²) in [4.78, 5) is 20.9. The van der Waals surface area contributed by atoms with Gasteiger partial charge in [-0.05, 0) is 32.9 Å². The molecule has 0 aliphatic rings. The van der Waals surface area contributed by atoms with E-state index in [2.05, 4.69) is 27.5 Å². The molecule has 0 aliphatic heterocycles. The Morgan fingerprint density at radius 3 is 2.58 bits per heavy atom. The molecule has 0 radical (unpaired) electrons. The molecule has 0 atom stereocenters. The molecule has 10 heteroatoms. The number of nitrogens with zero attached hydrogens (tertiary/aromatic N) is 4. The van der Waals surface area contributed by atoms with Gasteiger partial charge in [0.15, 0.2) is 17.1 Å². The van der Waals surface area contributed by atoms with Gasteiger partial charge < -0.3 is 19.8 Å². The van der Waals surface area contributed by atoms with E-state index in [-0.39, 0.29) is 11.4 Å². The van der Waals surface area contributed by atoms with E-state index in [1.807, 2.05) is 32.7 Å². The number of furan rings is 1. The van der Waals surface area contributed by atoms with Gasteiger partial charge in [0.1, 0.15) is 6.04 Å². The normalized spacial score (nSPS) is 9.08. The molecule has 0 spiro atoms. The highest BCUT2D eigenvalue weighted by molar-refractivity contribution is 5.91. The molecule has 0 aliphatic carbocycles. The van der Waals surface area contributed by atoms with Gasteiger partial charge in [-0.1, -0.05) is 0 Å². The van der Waals surface area contributed by atoms with E-state index in [4.69, 9.17) is 9.68 Å².